The highest BCUT2D eigenvalue weighted by Gasteiger charge is 2.74. The Morgan fingerprint density at radius 1 is 1.15 bits per heavy atom. The summed E-state index contributed by atoms with van der Waals surface area (Å²) in [5.74, 6) is -2.77. The van der Waals surface area contributed by atoms with Gasteiger partial charge in [-0.3, -0.25) is 29.4 Å². The first-order chi connectivity index (χ1) is 16.3. The number of nitro benzene ring substituents is 1. The molecule has 1 spiro atoms. The number of non-ortho nitro benzene ring substituents is 1. The molecule has 4 heterocycles. The number of fused-ring (bicyclic) bond motifs is 7. The molecule has 0 saturated carbocycles. The van der Waals surface area contributed by atoms with Crippen LogP contribution in [-0.4, -0.2) is 47.2 Å². The Morgan fingerprint density at radius 3 is 2.68 bits per heavy atom. The van der Waals surface area contributed by atoms with Crippen LogP contribution in [0.3, 0.4) is 0 Å². The number of methoxy groups -OCH3 is 1. The van der Waals surface area contributed by atoms with Crippen LogP contribution in [0.5, 0.6) is 5.75 Å². The molecule has 10 nitrogen and oxygen atoms in total. The molecule has 3 amide bonds. The lowest BCUT2D eigenvalue weighted by molar-refractivity contribution is -0.384. The van der Waals surface area contributed by atoms with Crippen LogP contribution in [0.4, 0.5) is 17.1 Å². The molecule has 10 heteroatoms. The fraction of sp³-hybridized carbons (Fsp3) is 0.375. The van der Waals surface area contributed by atoms with Crippen molar-refractivity contribution in [1.29, 1.82) is 0 Å². The van der Waals surface area contributed by atoms with E-state index in [2.05, 4.69) is 5.32 Å². The molecule has 0 unspecified atom stereocenters. The van der Waals surface area contributed by atoms with Crippen LogP contribution in [0.15, 0.2) is 36.4 Å². The Morgan fingerprint density at radius 2 is 1.94 bits per heavy atom. The summed E-state index contributed by atoms with van der Waals surface area (Å²) in [6.45, 7) is 2.53. The van der Waals surface area contributed by atoms with E-state index in [0.29, 0.717) is 24.2 Å². The summed E-state index contributed by atoms with van der Waals surface area (Å²) in [6.07, 6.45) is 1.50. The topological polar surface area (TPSA) is 122 Å². The maximum Gasteiger partial charge on any atom is 0.271 e. The minimum Gasteiger partial charge on any atom is -0.495 e. The second-order valence-electron chi connectivity index (χ2n) is 9.30. The van der Waals surface area contributed by atoms with Crippen molar-refractivity contribution in [3.63, 3.8) is 0 Å². The quantitative estimate of drug-likeness (QED) is 0.422. The molecule has 1 N–H and O–H groups in total. The summed E-state index contributed by atoms with van der Waals surface area (Å²) in [6, 6.07) is 9.19. The van der Waals surface area contributed by atoms with Gasteiger partial charge in [-0.15, -0.1) is 0 Å². The van der Waals surface area contributed by atoms with E-state index < -0.39 is 34.1 Å². The molecule has 0 aliphatic carbocycles. The lowest BCUT2D eigenvalue weighted by Gasteiger charge is -2.36. The van der Waals surface area contributed by atoms with Crippen LogP contribution >= 0.6 is 0 Å². The fourth-order valence-corrected chi connectivity index (χ4v) is 6.52. The van der Waals surface area contributed by atoms with Gasteiger partial charge in [-0.1, -0.05) is 17.7 Å². The number of carbonyl (C=O) groups is 3. The van der Waals surface area contributed by atoms with Crippen LogP contribution in [0.25, 0.3) is 0 Å². The zero-order chi connectivity index (χ0) is 23.9. The molecule has 174 valence electrons. The smallest absolute Gasteiger partial charge is 0.271 e. The van der Waals surface area contributed by atoms with Crippen molar-refractivity contribution in [3.8, 4) is 5.75 Å². The van der Waals surface area contributed by atoms with E-state index in [1.165, 1.54) is 25.3 Å². The number of rotatable bonds is 3. The molecule has 3 fully saturated rings. The van der Waals surface area contributed by atoms with E-state index in [0.717, 1.165) is 16.9 Å². The normalized spacial score (nSPS) is 29.4. The van der Waals surface area contributed by atoms with Crippen molar-refractivity contribution >= 4 is 34.8 Å². The van der Waals surface area contributed by atoms with E-state index in [1.807, 2.05) is 30.0 Å². The molecular weight excluding hydrogens is 440 g/mol. The first kappa shape index (κ1) is 20.8. The molecular formula is C24H22N4O6. The number of carbonyl (C=O) groups excluding carboxylic acids is 3. The molecule has 2 aromatic rings. The van der Waals surface area contributed by atoms with E-state index in [1.54, 1.807) is 0 Å². The van der Waals surface area contributed by atoms with Gasteiger partial charge in [-0.2, -0.15) is 0 Å². The van der Waals surface area contributed by atoms with Crippen LogP contribution < -0.4 is 15.0 Å². The Bertz CT molecular complexity index is 1310. The Balaban J connectivity index is 1.56. The van der Waals surface area contributed by atoms with Gasteiger partial charge in [0, 0.05) is 29.4 Å². The molecule has 3 saturated heterocycles. The zero-order valence-corrected chi connectivity index (χ0v) is 18.6. The summed E-state index contributed by atoms with van der Waals surface area (Å²) in [5, 5.41) is 14.4. The summed E-state index contributed by atoms with van der Waals surface area (Å²) >= 11 is 0. The number of hydrogen-bond acceptors (Lipinski definition) is 7. The van der Waals surface area contributed by atoms with Crippen LogP contribution in [-0.2, 0) is 19.9 Å². The number of aryl methyl sites for hydroxylation is 1. The highest BCUT2D eigenvalue weighted by molar-refractivity contribution is 6.26. The third-order valence-electron chi connectivity index (χ3n) is 7.76. The minimum atomic E-state index is -1.29. The Hall–Kier alpha value is -3.79. The van der Waals surface area contributed by atoms with Crippen LogP contribution in [0, 0.1) is 28.9 Å². The average Bonchev–Trinajstić information content (AvgIpc) is 3.52. The van der Waals surface area contributed by atoms with Gasteiger partial charge in [-0.25, -0.2) is 4.90 Å². The second-order valence-corrected chi connectivity index (χ2v) is 9.30. The fourth-order valence-electron chi connectivity index (χ4n) is 6.52. The largest absolute Gasteiger partial charge is 0.495 e. The summed E-state index contributed by atoms with van der Waals surface area (Å²) < 4.78 is 5.35. The van der Waals surface area contributed by atoms with Crippen molar-refractivity contribution in [2.45, 2.75) is 31.3 Å². The molecule has 6 rings (SSSR count). The number of anilines is 2. The maximum absolute atomic E-state index is 14.1. The SMILES string of the molecule is COc1ccc([N+](=O)[O-])cc1N1C(=O)[C@@H]2[C@H]3CCCN3[C@@]3(C(=O)Nc4ccc(C)cc43)[C@H]2C1=O. The predicted molar refractivity (Wildman–Crippen MR) is 120 cm³/mol. The van der Waals surface area contributed by atoms with Gasteiger partial charge in [0.25, 0.3) is 5.69 Å². The van der Waals surface area contributed by atoms with E-state index in [4.69, 9.17) is 4.74 Å². The van der Waals surface area contributed by atoms with E-state index in [-0.39, 0.29) is 29.1 Å². The van der Waals surface area contributed by atoms with Crippen molar-refractivity contribution in [2.75, 3.05) is 23.9 Å². The average molecular weight is 462 g/mol. The van der Waals surface area contributed by atoms with Crippen LogP contribution in [0.2, 0.25) is 0 Å². The Labute approximate surface area is 194 Å². The number of hydrogen-bond donors (Lipinski definition) is 1. The Kier molecular flexibility index (Phi) is 4.20. The van der Waals surface area contributed by atoms with Gasteiger partial charge >= 0.3 is 0 Å². The third kappa shape index (κ3) is 2.35. The van der Waals surface area contributed by atoms with Crippen molar-refractivity contribution in [1.82, 2.24) is 4.90 Å². The molecule has 2 aromatic carbocycles. The first-order valence-electron chi connectivity index (χ1n) is 11.2. The standard InChI is InChI=1S/C24H22N4O6/c1-12-5-7-15-14(10-12)24(23(31)25-15)20-19(16-4-3-9-26(16)24)21(29)27(22(20)30)17-11-13(28(32)33)6-8-18(17)34-2/h5-8,10-11,16,19-20H,3-4,9H2,1-2H3,(H,25,31)/t16-,19-,20-,24-/m1/s1. The molecule has 0 radical (unpaired) electrons. The number of benzene rings is 2. The summed E-state index contributed by atoms with van der Waals surface area (Å²) in [7, 11) is 1.38. The van der Waals surface area contributed by atoms with Crippen molar-refractivity contribution in [3.05, 3.63) is 57.6 Å². The van der Waals surface area contributed by atoms with Gasteiger partial charge in [0.1, 0.15) is 17.0 Å². The summed E-state index contributed by atoms with van der Waals surface area (Å²) in [5.41, 5.74) is 0.791. The van der Waals surface area contributed by atoms with E-state index >= 15 is 0 Å². The molecule has 4 aliphatic heterocycles. The van der Waals surface area contributed by atoms with Crippen molar-refractivity contribution in [2.24, 2.45) is 11.8 Å². The van der Waals surface area contributed by atoms with Crippen molar-refractivity contribution < 1.29 is 24.0 Å². The minimum absolute atomic E-state index is 0.0312. The second kappa shape index (κ2) is 6.86. The molecule has 4 atom stereocenters. The van der Waals surface area contributed by atoms with Gasteiger partial charge in [0.2, 0.25) is 17.7 Å². The number of ether oxygens (including phenoxy) is 1. The van der Waals surface area contributed by atoms with Gasteiger partial charge in [0.15, 0.2) is 0 Å². The number of nitrogens with one attached hydrogen (secondary N) is 1. The molecule has 4 aliphatic rings. The maximum atomic E-state index is 14.1. The molecule has 0 aromatic heterocycles. The lowest BCUT2D eigenvalue weighted by Crippen LogP contribution is -2.54. The highest BCUT2D eigenvalue weighted by Crippen LogP contribution is 2.61. The number of nitrogens with zero attached hydrogens (tertiary/aromatic N) is 3. The number of amides is 3. The zero-order valence-electron chi connectivity index (χ0n) is 18.6. The van der Waals surface area contributed by atoms with Gasteiger partial charge in [-0.05, 0) is 38.4 Å². The van der Waals surface area contributed by atoms with E-state index in [9.17, 15) is 24.5 Å². The van der Waals surface area contributed by atoms with Gasteiger partial charge < -0.3 is 10.1 Å². The highest BCUT2D eigenvalue weighted by atomic mass is 16.6. The van der Waals surface area contributed by atoms with Crippen LogP contribution in [0.1, 0.15) is 24.0 Å². The predicted octanol–water partition coefficient (Wildman–Crippen LogP) is 2.34. The summed E-state index contributed by atoms with van der Waals surface area (Å²) in [4.78, 5) is 55.4. The number of imide groups is 1. The van der Waals surface area contributed by atoms with Gasteiger partial charge in [0.05, 0.1) is 23.9 Å². The monoisotopic (exact) mass is 462 g/mol. The number of nitro groups is 1. The lowest BCUT2D eigenvalue weighted by atomic mass is 9.75. The third-order valence-corrected chi connectivity index (χ3v) is 7.76. The first-order valence-corrected chi connectivity index (χ1v) is 11.2. The molecule has 34 heavy (non-hydrogen) atoms. The molecule has 0 bridgehead atoms.